The monoisotopic (exact) mass is 390 g/mol. The summed E-state index contributed by atoms with van der Waals surface area (Å²) in [5.41, 5.74) is 9.44. The summed E-state index contributed by atoms with van der Waals surface area (Å²) in [5.74, 6) is -0.258. The van der Waals surface area contributed by atoms with E-state index in [2.05, 4.69) is 15.2 Å². The average Bonchev–Trinajstić information content (AvgIpc) is 3.19. The van der Waals surface area contributed by atoms with Crippen LogP contribution in [0, 0.1) is 5.82 Å². The minimum absolute atomic E-state index is 0.0314. The molecule has 2 N–H and O–H groups in total. The van der Waals surface area contributed by atoms with Gasteiger partial charge >= 0.3 is 0 Å². The third-order valence-electron chi connectivity index (χ3n) is 4.10. The Bertz CT molecular complexity index is 1130. The molecular weight excluding hydrogens is 378 g/mol. The molecule has 0 amide bonds. The van der Waals surface area contributed by atoms with Gasteiger partial charge in [0.1, 0.15) is 11.3 Å². The Balaban J connectivity index is 1.84. The Hall–Kier alpha value is -2.64. The van der Waals surface area contributed by atoms with Crippen LogP contribution in [0.4, 0.5) is 10.2 Å². The average molecular weight is 391 g/mol. The van der Waals surface area contributed by atoms with E-state index in [4.69, 9.17) is 28.9 Å². The number of hydrogen-bond donors (Lipinski definition) is 1. The number of aromatic nitrogens is 5. The molecule has 26 heavy (non-hydrogen) atoms. The topological polar surface area (TPSA) is 74.6 Å². The summed E-state index contributed by atoms with van der Waals surface area (Å²) in [7, 11) is 1.84. The van der Waals surface area contributed by atoms with Crippen LogP contribution in [0.25, 0.3) is 22.2 Å². The molecule has 0 saturated heterocycles. The van der Waals surface area contributed by atoms with Gasteiger partial charge in [-0.15, -0.1) is 0 Å². The number of anilines is 1. The molecule has 0 fully saturated rings. The summed E-state index contributed by atoms with van der Waals surface area (Å²) >= 11 is 12.3. The zero-order chi connectivity index (χ0) is 18.4. The maximum absolute atomic E-state index is 13.8. The first-order chi connectivity index (χ1) is 12.4. The maximum atomic E-state index is 13.8. The van der Waals surface area contributed by atoms with Crippen molar-refractivity contribution in [2.24, 2.45) is 7.05 Å². The molecule has 0 aliphatic carbocycles. The van der Waals surface area contributed by atoms with Gasteiger partial charge in [-0.2, -0.15) is 10.2 Å². The highest BCUT2D eigenvalue weighted by Gasteiger charge is 2.16. The van der Waals surface area contributed by atoms with Gasteiger partial charge in [-0.3, -0.25) is 14.3 Å². The standard InChI is InChI=1S/C17H13Cl2FN6/c1-25-7-10(6-23-25)9-4-14-16(22-5-9)17(21)24-26(14)8-11-12(18)2-3-13(20)15(11)19/h2-7H,8H2,1H3,(H2,21,24). The second-order valence-electron chi connectivity index (χ2n) is 5.86. The van der Waals surface area contributed by atoms with Crippen molar-refractivity contribution >= 4 is 40.1 Å². The minimum Gasteiger partial charge on any atom is -0.380 e. The lowest BCUT2D eigenvalue weighted by atomic mass is 10.1. The van der Waals surface area contributed by atoms with Crippen molar-refractivity contribution in [3.05, 3.63) is 58.2 Å². The molecule has 0 bridgehead atoms. The number of nitrogen functional groups attached to an aromatic ring is 1. The van der Waals surface area contributed by atoms with Crippen LogP contribution >= 0.6 is 23.2 Å². The van der Waals surface area contributed by atoms with Crippen LogP contribution in [-0.2, 0) is 13.6 Å². The highest BCUT2D eigenvalue weighted by Crippen LogP contribution is 2.30. The van der Waals surface area contributed by atoms with Gasteiger partial charge in [-0.05, 0) is 18.2 Å². The first-order valence-electron chi connectivity index (χ1n) is 7.67. The maximum Gasteiger partial charge on any atom is 0.172 e. The van der Waals surface area contributed by atoms with E-state index in [0.717, 1.165) is 11.1 Å². The van der Waals surface area contributed by atoms with Crippen molar-refractivity contribution in [3.63, 3.8) is 0 Å². The molecule has 0 atom stereocenters. The Labute approximate surface area is 158 Å². The summed E-state index contributed by atoms with van der Waals surface area (Å²) in [5, 5.41) is 8.80. The normalized spacial score (nSPS) is 11.4. The zero-order valence-corrected chi connectivity index (χ0v) is 15.1. The van der Waals surface area contributed by atoms with Crippen molar-refractivity contribution in [3.8, 4) is 11.1 Å². The predicted molar refractivity (Wildman–Crippen MR) is 99.7 cm³/mol. The summed E-state index contributed by atoms with van der Waals surface area (Å²) in [6, 6.07) is 4.60. The fourth-order valence-corrected chi connectivity index (χ4v) is 3.28. The molecule has 132 valence electrons. The van der Waals surface area contributed by atoms with Crippen LogP contribution in [0.1, 0.15) is 5.56 Å². The third kappa shape index (κ3) is 2.79. The summed E-state index contributed by atoms with van der Waals surface area (Å²) in [6.07, 6.45) is 5.34. The van der Waals surface area contributed by atoms with E-state index < -0.39 is 5.82 Å². The highest BCUT2D eigenvalue weighted by molar-refractivity contribution is 6.36. The number of nitrogens with zero attached hydrogens (tertiary/aromatic N) is 5. The Kier molecular flexibility index (Phi) is 4.05. The molecule has 4 rings (SSSR count). The molecule has 1 aromatic carbocycles. The molecule has 0 aliphatic heterocycles. The predicted octanol–water partition coefficient (Wildman–Crippen LogP) is 3.91. The molecule has 9 heteroatoms. The molecular formula is C17H13Cl2FN6. The number of aryl methyl sites for hydroxylation is 1. The molecule has 0 spiro atoms. The van der Waals surface area contributed by atoms with E-state index in [0.29, 0.717) is 21.6 Å². The number of hydrogen-bond acceptors (Lipinski definition) is 4. The van der Waals surface area contributed by atoms with Gasteiger partial charge in [-0.1, -0.05) is 23.2 Å². The number of pyridine rings is 1. The Morgan fingerprint density at radius 2 is 2.00 bits per heavy atom. The summed E-state index contributed by atoms with van der Waals surface area (Å²) in [4.78, 5) is 4.41. The van der Waals surface area contributed by atoms with E-state index in [1.165, 1.54) is 12.1 Å². The number of nitrogens with two attached hydrogens (primary N) is 1. The number of rotatable bonds is 3. The largest absolute Gasteiger partial charge is 0.380 e. The van der Waals surface area contributed by atoms with Crippen LogP contribution in [0.15, 0.2) is 36.8 Å². The van der Waals surface area contributed by atoms with Crippen molar-refractivity contribution in [2.75, 3.05) is 5.73 Å². The van der Waals surface area contributed by atoms with Gasteiger partial charge in [0.2, 0.25) is 0 Å². The lowest BCUT2D eigenvalue weighted by Gasteiger charge is -2.09. The van der Waals surface area contributed by atoms with Crippen LogP contribution in [0.2, 0.25) is 10.0 Å². The van der Waals surface area contributed by atoms with Crippen LogP contribution in [-0.4, -0.2) is 24.5 Å². The fourth-order valence-electron chi connectivity index (χ4n) is 2.79. The van der Waals surface area contributed by atoms with Crippen molar-refractivity contribution in [1.82, 2.24) is 24.5 Å². The number of benzene rings is 1. The van der Waals surface area contributed by atoms with Crippen LogP contribution in [0.5, 0.6) is 0 Å². The van der Waals surface area contributed by atoms with E-state index in [-0.39, 0.29) is 17.4 Å². The SMILES string of the molecule is Cn1cc(-c2cnc3c(N)nn(Cc4c(Cl)ccc(F)c4Cl)c3c2)cn1. The second kappa shape index (κ2) is 6.26. The van der Waals surface area contributed by atoms with Crippen LogP contribution in [0.3, 0.4) is 0 Å². The van der Waals surface area contributed by atoms with Gasteiger partial charge < -0.3 is 5.73 Å². The van der Waals surface area contributed by atoms with Gasteiger partial charge in [0.25, 0.3) is 0 Å². The fraction of sp³-hybridized carbons (Fsp3) is 0.118. The van der Waals surface area contributed by atoms with E-state index in [1.807, 2.05) is 19.3 Å². The smallest absolute Gasteiger partial charge is 0.172 e. The Morgan fingerprint density at radius 1 is 1.19 bits per heavy atom. The molecule has 6 nitrogen and oxygen atoms in total. The quantitative estimate of drug-likeness (QED) is 0.538. The molecule has 4 aromatic rings. The van der Waals surface area contributed by atoms with Crippen molar-refractivity contribution < 1.29 is 4.39 Å². The van der Waals surface area contributed by atoms with Crippen molar-refractivity contribution in [1.29, 1.82) is 0 Å². The second-order valence-corrected chi connectivity index (χ2v) is 6.64. The van der Waals surface area contributed by atoms with E-state index in [9.17, 15) is 4.39 Å². The third-order valence-corrected chi connectivity index (χ3v) is 4.86. The van der Waals surface area contributed by atoms with Gasteiger partial charge in [0, 0.05) is 41.2 Å². The first kappa shape index (κ1) is 16.8. The molecule has 0 radical (unpaired) electrons. The van der Waals surface area contributed by atoms with Crippen molar-refractivity contribution in [2.45, 2.75) is 6.54 Å². The lowest BCUT2D eigenvalue weighted by Crippen LogP contribution is -2.04. The molecule has 0 saturated carbocycles. The molecule has 3 heterocycles. The first-order valence-corrected chi connectivity index (χ1v) is 8.43. The van der Waals surface area contributed by atoms with Crippen LogP contribution < -0.4 is 5.73 Å². The number of halogens is 3. The summed E-state index contributed by atoms with van der Waals surface area (Å²) < 4.78 is 17.1. The molecule has 0 unspecified atom stereocenters. The van der Waals surface area contributed by atoms with E-state index in [1.54, 1.807) is 21.8 Å². The zero-order valence-electron chi connectivity index (χ0n) is 13.6. The Morgan fingerprint density at radius 3 is 2.73 bits per heavy atom. The van der Waals surface area contributed by atoms with Gasteiger partial charge in [0.05, 0.1) is 23.3 Å². The molecule has 0 aliphatic rings. The molecule has 3 aromatic heterocycles. The minimum atomic E-state index is -0.537. The highest BCUT2D eigenvalue weighted by atomic mass is 35.5. The van der Waals surface area contributed by atoms with Gasteiger partial charge in [0.15, 0.2) is 5.82 Å². The summed E-state index contributed by atoms with van der Waals surface area (Å²) in [6.45, 7) is 0.168. The van der Waals surface area contributed by atoms with E-state index >= 15 is 0 Å². The van der Waals surface area contributed by atoms with Gasteiger partial charge in [-0.25, -0.2) is 4.39 Å². The number of fused-ring (bicyclic) bond motifs is 1. The lowest BCUT2D eigenvalue weighted by molar-refractivity contribution is 0.622.